The molecule has 1 aliphatic rings. The van der Waals surface area contributed by atoms with E-state index in [-0.39, 0.29) is 45.5 Å². The number of nitrogens with zero attached hydrogens (tertiary/aromatic N) is 2. The zero-order chi connectivity index (χ0) is 26.9. The molecule has 1 saturated heterocycles. The first-order valence-corrected chi connectivity index (χ1v) is 11.2. The van der Waals surface area contributed by atoms with Crippen molar-refractivity contribution in [3.05, 3.63) is 93.8 Å². The van der Waals surface area contributed by atoms with Crippen LogP contribution in [0.2, 0.25) is 5.02 Å². The minimum atomic E-state index is -4.59. The zero-order valence-corrected chi connectivity index (χ0v) is 20.3. The lowest BCUT2D eigenvalue weighted by Crippen LogP contribution is -2.29. The molecule has 1 atom stereocenters. The summed E-state index contributed by atoms with van der Waals surface area (Å²) in [6.45, 7) is -0.340. The zero-order valence-electron chi connectivity index (χ0n) is 19.5. The number of rotatable bonds is 6. The molecule has 192 valence electrons. The van der Waals surface area contributed by atoms with E-state index in [0.29, 0.717) is 0 Å². The van der Waals surface area contributed by atoms with Crippen LogP contribution in [0.1, 0.15) is 28.4 Å². The molecule has 1 fully saturated rings. The van der Waals surface area contributed by atoms with Gasteiger partial charge in [-0.05, 0) is 35.9 Å². The second kappa shape index (κ2) is 10.1. The first-order valence-electron chi connectivity index (χ1n) is 10.8. The maximum Gasteiger partial charge on any atom is 0.416 e. The highest BCUT2D eigenvalue weighted by Crippen LogP contribution is 2.43. The molecular formula is C26H20ClF3N2O5. The molecule has 0 aliphatic carbocycles. The van der Waals surface area contributed by atoms with E-state index >= 15 is 0 Å². The second-order valence-corrected chi connectivity index (χ2v) is 8.47. The van der Waals surface area contributed by atoms with Gasteiger partial charge in [0.2, 0.25) is 0 Å². The Morgan fingerprint density at radius 1 is 1.05 bits per heavy atom. The van der Waals surface area contributed by atoms with E-state index in [4.69, 9.17) is 21.1 Å². The lowest BCUT2D eigenvalue weighted by molar-refractivity contribution is -0.140. The van der Waals surface area contributed by atoms with E-state index in [0.717, 1.165) is 17.0 Å². The third kappa shape index (κ3) is 4.97. The molecule has 0 radical (unpaired) electrons. The van der Waals surface area contributed by atoms with Crippen molar-refractivity contribution in [3.63, 3.8) is 0 Å². The fourth-order valence-corrected chi connectivity index (χ4v) is 4.36. The fourth-order valence-electron chi connectivity index (χ4n) is 4.12. The predicted molar refractivity (Wildman–Crippen MR) is 128 cm³/mol. The highest BCUT2D eigenvalue weighted by Gasteiger charge is 2.47. The Balaban J connectivity index is 1.88. The maximum atomic E-state index is 13.3. The van der Waals surface area contributed by atoms with Gasteiger partial charge >= 0.3 is 6.18 Å². The minimum Gasteiger partial charge on any atom is -0.507 e. The van der Waals surface area contributed by atoms with Crippen LogP contribution in [0.5, 0.6) is 11.5 Å². The summed E-state index contributed by atoms with van der Waals surface area (Å²) in [5, 5.41) is 11.4. The molecule has 0 spiro atoms. The normalized spacial score (nSPS) is 17.2. The van der Waals surface area contributed by atoms with Gasteiger partial charge in [-0.1, -0.05) is 29.8 Å². The Hall–Kier alpha value is -4.05. The second-order valence-electron chi connectivity index (χ2n) is 8.07. The van der Waals surface area contributed by atoms with Crippen LogP contribution in [0.3, 0.4) is 0 Å². The van der Waals surface area contributed by atoms with Crippen LogP contribution in [0.25, 0.3) is 5.76 Å². The van der Waals surface area contributed by atoms with Gasteiger partial charge in [0.05, 0.1) is 41.6 Å². The third-order valence-corrected chi connectivity index (χ3v) is 6.14. The topological polar surface area (TPSA) is 89.0 Å². The number of aliphatic hydroxyl groups is 1. The molecule has 3 aromatic rings. The molecule has 7 nitrogen and oxygen atoms in total. The van der Waals surface area contributed by atoms with Crippen molar-refractivity contribution < 1.29 is 37.3 Å². The maximum absolute atomic E-state index is 13.3. The van der Waals surface area contributed by atoms with Crippen LogP contribution in [0, 0.1) is 0 Å². The van der Waals surface area contributed by atoms with Crippen molar-refractivity contribution in [1.29, 1.82) is 0 Å². The van der Waals surface area contributed by atoms with Crippen LogP contribution in [0.15, 0.2) is 66.4 Å². The molecule has 0 bridgehead atoms. The Morgan fingerprint density at radius 2 is 1.78 bits per heavy atom. The number of halogens is 4. The summed E-state index contributed by atoms with van der Waals surface area (Å²) in [5.41, 5.74) is -0.813. The Labute approximate surface area is 214 Å². The summed E-state index contributed by atoms with van der Waals surface area (Å²) < 4.78 is 50.3. The van der Waals surface area contributed by atoms with Crippen LogP contribution in [-0.2, 0) is 22.3 Å². The summed E-state index contributed by atoms with van der Waals surface area (Å²) in [4.78, 5) is 31.7. The third-order valence-electron chi connectivity index (χ3n) is 5.84. The van der Waals surface area contributed by atoms with Gasteiger partial charge in [0.25, 0.3) is 11.7 Å². The Bertz CT molecular complexity index is 1390. The molecule has 1 unspecified atom stereocenters. The van der Waals surface area contributed by atoms with Gasteiger partial charge in [-0.15, -0.1) is 0 Å². The van der Waals surface area contributed by atoms with Crippen molar-refractivity contribution >= 4 is 29.1 Å². The van der Waals surface area contributed by atoms with Gasteiger partial charge in [0.15, 0.2) is 0 Å². The molecule has 1 N–H and O–H groups in total. The summed E-state index contributed by atoms with van der Waals surface area (Å²) >= 11 is 6.23. The fraction of sp³-hybridized carbons (Fsp3) is 0.192. The lowest BCUT2D eigenvalue weighted by Gasteiger charge is -2.25. The summed E-state index contributed by atoms with van der Waals surface area (Å²) in [6.07, 6.45) is -3.15. The molecule has 2 aromatic carbocycles. The summed E-state index contributed by atoms with van der Waals surface area (Å²) in [7, 11) is 2.72. The van der Waals surface area contributed by atoms with Gasteiger partial charge in [-0.25, -0.2) is 0 Å². The highest BCUT2D eigenvalue weighted by atomic mass is 35.5. The van der Waals surface area contributed by atoms with E-state index in [2.05, 4.69) is 4.98 Å². The monoisotopic (exact) mass is 532 g/mol. The number of Topliss-reactive ketones (excluding diaryl/α,β-unsaturated/α-hetero) is 1. The number of hydrogen-bond acceptors (Lipinski definition) is 6. The molecule has 0 saturated carbocycles. The molecule has 1 aromatic heterocycles. The number of ketones is 1. The molecule has 1 amide bonds. The number of methoxy groups -OCH3 is 2. The molecule has 11 heteroatoms. The van der Waals surface area contributed by atoms with Crippen LogP contribution >= 0.6 is 11.6 Å². The largest absolute Gasteiger partial charge is 0.507 e. The lowest BCUT2D eigenvalue weighted by atomic mass is 9.97. The summed E-state index contributed by atoms with van der Waals surface area (Å²) in [6, 6.07) is 10.8. The number of aliphatic hydroxyl groups excluding tert-OH is 1. The first-order chi connectivity index (χ1) is 17.6. The Morgan fingerprint density at radius 3 is 2.41 bits per heavy atom. The number of hydrogen-bond donors (Lipinski definition) is 1. The van der Waals surface area contributed by atoms with Gasteiger partial charge in [0.1, 0.15) is 23.3 Å². The van der Waals surface area contributed by atoms with E-state index in [9.17, 15) is 27.9 Å². The number of ether oxygens (including phenoxy) is 2. The molecule has 2 heterocycles. The SMILES string of the molecule is COc1cc(OC)c(/C(O)=C2\C(=O)C(=O)N(Cc3cccc(C(F)(F)F)c3)C2c2ccccn2)cc1Cl. The van der Waals surface area contributed by atoms with Crippen molar-refractivity contribution in [2.45, 2.75) is 18.8 Å². The number of aromatic nitrogens is 1. The van der Waals surface area contributed by atoms with Crippen LogP contribution in [0.4, 0.5) is 13.2 Å². The van der Waals surface area contributed by atoms with Gasteiger partial charge in [-0.2, -0.15) is 13.2 Å². The number of pyridine rings is 1. The standard InChI is InChI=1S/C26H20ClF3N2O5/c1-36-19-12-20(37-2)17(27)11-16(19)23(33)21-22(18-8-3-4-9-31-18)32(25(35)24(21)34)13-14-6-5-7-15(10-14)26(28,29)30/h3-12,22,33H,13H2,1-2H3/b23-21+. The molecule has 37 heavy (non-hydrogen) atoms. The number of amides is 1. The average molecular weight is 533 g/mol. The van der Waals surface area contributed by atoms with Gasteiger partial charge in [0, 0.05) is 18.8 Å². The quantitative estimate of drug-likeness (QED) is 0.260. The van der Waals surface area contributed by atoms with Gasteiger partial charge < -0.3 is 19.5 Å². The van der Waals surface area contributed by atoms with Crippen molar-refractivity contribution in [1.82, 2.24) is 9.88 Å². The van der Waals surface area contributed by atoms with Crippen molar-refractivity contribution in [2.75, 3.05) is 14.2 Å². The average Bonchev–Trinajstić information content (AvgIpc) is 3.13. The van der Waals surface area contributed by atoms with E-state index in [1.54, 1.807) is 18.2 Å². The van der Waals surface area contributed by atoms with Crippen LogP contribution < -0.4 is 9.47 Å². The smallest absolute Gasteiger partial charge is 0.416 e. The number of alkyl halides is 3. The van der Waals surface area contributed by atoms with Gasteiger partial charge in [-0.3, -0.25) is 14.6 Å². The van der Waals surface area contributed by atoms with Crippen molar-refractivity contribution in [2.24, 2.45) is 0 Å². The molecule has 1 aliphatic heterocycles. The number of likely N-dealkylation sites (tertiary alicyclic amines) is 1. The van der Waals surface area contributed by atoms with Crippen molar-refractivity contribution in [3.8, 4) is 11.5 Å². The first kappa shape index (κ1) is 26.0. The predicted octanol–water partition coefficient (Wildman–Crippen LogP) is 5.39. The van der Waals surface area contributed by atoms with E-state index in [1.165, 1.54) is 44.7 Å². The number of benzene rings is 2. The van der Waals surface area contributed by atoms with E-state index < -0.39 is 35.2 Å². The summed E-state index contributed by atoms with van der Waals surface area (Å²) in [5.74, 6) is -2.26. The number of carbonyl (C=O) groups excluding carboxylic acids is 2. The van der Waals surface area contributed by atoms with Crippen LogP contribution in [-0.4, -0.2) is 40.9 Å². The molecular weight excluding hydrogens is 513 g/mol. The molecule has 4 rings (SSSR count). The highest BCUT2D eigenvalue weighted by molar-refractivity contribution is 6.46. The van der Waals surface area contributed by atoms with E-state index in [1.807, 2.05) is 0 Å². The minimum absolute atomic E-state index is 0.0197. The number of carbonyl (C=O) groups is 2. The Kier molecular flexibility index (Phi) is 7.13.